The van der Waals surface area contributed by atoms with Gasteiger partial charge in [-0.25, -0.2) is 4.68 Å². The first kappa shape index (κ1) is 18.7. The molecule has 29 heavy (non-hydrogen) atoms. The number of carbonyl (C=O) groups is 1. The van der Waals surface area contributed by atoms with Crippen molar-refractivity contribution in [1.82, 2.24) is 29.9 Å². The Hall–Kier alpha value is -3.68. The lowest BCUT2D eigenvalue weighted by atomic mass is 10.2. The molecular formula is C21H23N7O. The molecule has 0 fully saturated rings. The minimum Gasteiger partial charge on any atom is -0.367 e. The Balaban J connectivity index is 1.25. The number of nitrogens with one attached hydrogen (secondary N) is 2. The standard InChI is InChI=1S/C21H23N7O/c1-15-13-16(2)28(26-15)20-8-7-19(24-25-20)22-10-11-23-21(29)14-27-12-9-17-5-3-4-6-18(17)27/h3-9,12-13H,10-11,14H2,1-2H3,(H,22,24)(H,23,29). The van der Waals surface area contributed by atoms with Crippen LogP contribution < -0.4 is 10.6 Å². The highest BCUT2D eigenvalue weighted by Gasteiger charge is 2.07. The summed E-state index contributed by atoms with van der Waals surface area (Å²) in [4.78, 5) is 12.2. The van der Waals surface area contributed by atoms with E-state index in [9.17, 15) is 4.79 Å². The van der Waals surface area contributed by atoms with Gasteiger partial charge < -0.3 is 15.2 Å². The van der Waals surface area contributed by atoms with Gasteiger partial charge in [0.1, 0.15) is 12.4 Å². The molecule has 0 radical (unpaired) electrons. The Morgan fingerprint density at radius 3 is 2.66 bits per heavy atom. The number of benzene rings is 1. The summed E-state index contributed by atoms with van der Waals surface area (Å²) >= 11 is 0. The molecule has 0 aliphatic carbocycles. The quantitative estimate of drug-likeness (QED) is 0.474. The van der Waals surface area contributed by atoms with Gasteiger partial charge in [-0.15, -0.1) is 10.2 Å². The summed E-state index contributed by atoms with van der Waals surface area (Å²) < 4.78 is 3.71. The SMILES string of the molecule is Cc1cc(C)n(-c2ccc(NCCNC(=O)Cn3ccc4ccccc43)nn2)n1. The van der Waals surface area contributed by atoms with Crippen LogP contribution in [0.3, 0.4) is 0 Å². The number of amides is 1. The molecule has 2 N–H and O–H groups in total. The minimum absolute atomic E-state index is 0.0286. The van der Waals surface area contributed by atoms with Crippen LogP contribution in [-0.2, 0) is 11.3 Å². The smallest absolute Gasteiger partial charge is 0.240 e. The van der Waals surface area contributed by atoms with Gasteiger partial charge in [0.25, 0.3) is 0 Å². The van der Waals surface area contributed by atoms with Crippen molar-refractivity contribution in [2.24, 2.45) is 0 Å². The van der Waals surface area contributed by atoms with Crippen LogP contribution >= 0.6 is 0 Å². The molecule has 8 heteroatoms. The molecule has 0 saturated heterocycles. The lowest BCUT2D eigenvalue weighted by Gasteiger charge is -2.09. The molecule has 4 rings (SSSR count). The van der Waals surface area contributed by atoms with Crippen molar-refractivity contribution in [2.75, 3.05) is 18.4 Å². The molecule has 1 amide bonds. The number of nitrogens with zero attached hydrogens (tertiary/aromatic N) is 5. The molecule has 0 bridgehead atoms. The van der Waals surface area contributed by atoms with Gasteiger partial charge in [0.05, 0.1) is 5.69 Å². The molecule has 0 aliphatic heterocycles. The highest BCUT2D eigenvalue weighted by Crippen LogP contribution is 2.14. The van der Waals surface area contributed by atoms with Crippen LogP contribution in [0, 0.1) is 13.8 Å². The number of aryl methyl sites for hydroxylation is 2. The third-order valence-electron chi connectivity index (χ3n) is 4.62. The molecule has 4 aromatic rings. The lowest BCUT2D eigenvalue weighted by molar-refractivity contribution is -0.121. The molecule has 0 aliphatic rings. The third-order valence-corrected chi connectivity index (χ3v) is 4.62. The van der Waals surface area contributed by atoms with E-state index in [1.165, 1.54) is 0 Å². The van der Waals surface area contributed by atoms with Gasteiger partial charge in [-0.05, 0) is 49.6 Å². The van der Waals surface area contributed by atoms with E-state index < -0.39 is 0 Å². The average molecular weight is 389 g/mol. The minimum atomic E-state index is -0.0286. The lowest BCUT2D eigenvalue weighted by Crippen LogP contribution is -2.31. The topological polar surface area (TPSA) is 89.7 Å². The van der Waals surface area contributed by atoms with Gasteiger partial charge in [0.2, 0.25) is 5.91 Å². The van der Waals surface area contributed by atoms with Gasteiger partial charge in [-0.1, -0.05) is 18.2 Å². The molecule has 8 nitrogen and oxygen atoms in total. The van der Waals surface area contributed by atoms with Crippen LogP contribution in [0.4, 0.5) is 5.82 Å². The zero-order valence-corrected chi connectivity index (χ0v) is 16.5. The van der Waals surface area contributed by atoms with Crippen LogP contribution in [0.1, 0.15) is 11.4 Å². The van der Waals surface area contributed by atoms with Crippen molar-refractivity contribution in [3.63, 3.8) is 0 Å². The maximum Gasteiger partial charge on any atom is 0.240 e. The molecule has 0 atom stereocenters. The van der Waals surface area contributed by atoms with E-state index in [1.807, 2.05) is 73.1 Å². The van der Waals surface area contributed by atoms with Crippen LogP contribution in [0.25, 0.3) is 16.7 Å². The normalized spacial score (nSPS) is 11.0. The monoisotopic (exact) mass is 389 g/mol. The van der Waals surface area contributed by atoms with Crippen LogP contribution in [-0.4, -0.2) is 43.5 Å². The average Bonchev–Trinajstić information content (AvgIpc) is 3.28. The zero-order valence-electron chi connectivity index (χ0n) is 16.5. The fraction of sp³-hybridized carbons (Fsp3) is 0.238. The highest BCUT2D eigenvalue weighted by molar-refractivity contribution is 5.83. The van der Waals surface area contributed by atoms with Gasteiger partial charge in [-0.2, -0.15) is 5.10 Å². The maximum absolute atomic E-state index is 12.2. The van der Waals surface area contributed by atoms with E-state index in [0.29, 0.717) is 31.3 Å². The molecule has 3 aromatic heterocycles. The van der Waals surface area contributed by atoms with Crippen LogP contribution in [0.2, 0.25) is 0 Å². The largest absolute Gasteiger partial charge is 0.367 e. The fourth-order valence-electron chi connectivity index (χ4n) is 3.27. The summed E-state index contributed by atoms with van der Waals surface area (Å²) in [5, 5.41) is 20.0. The first-order valence-corrected chi connectivity index (χ1v) is 9.52. The highest BCUT2D eigenvalue weighted by atomic mass is 16.1. The first-order valence-electron chi connectivity index (χ1n) is 9.52. The molecule has 0 saturated carbocycles. The summed E-state index contributed by atoms with van der Waals surface area (Å²) in [5.74, 6) is 1.30. The molecule has 1 aromatic carbocycles. The van der Waals surface area contributed by atoms with E-state index in [-0.39, 0.29) is 5.91 Å². The maximum atomic E-state index is 12.2. The van der Waals surface area contributed by atoms with Crippen molar-refractivity contribution < 1.29 is 4.79 Å². The van der Waals surface area contributed by atoms with E-state index in [4.69, 9.17) is 0 Å². The van der Waals surface area contributed by atoms with E-state index >= 15 is 0 Å². The molecular weight excluding hydrogens is 366 g/mol. The Bertz CT molecular complexity index is 1130. The number of aromatic nitrogens is 5. The zero-order chi connectivity index (χ0) is 20.2. The second-order valence-electron chi connectivity index (χ2n) is 6.89. The van der Waals surface area contributed by atoms with Crippen molar-refractivity contribution >= 4 is 22.6 Å². The number of hydrogen-bond donors (Lipinski definition) is 2. The molecule has 148 valence electrons. The number of hydrogen-bond acceptors (Lipinski definition) is 5. The van der Waals surface area contributed by atoms with Gasteiger partial charge in [0, 0.05) is 30.5 Å². The third kappa shape index (κ3) is 4.26. The number of rotatable bonds is 7. The van der Waals surface area contributed by atoms with E-state index in [2.05, 4.69) is 25.9 Å². The Labute approximate surface area is 168 Å². The number of fused-ring (bicyclic) bond motifs is 1. The first-order chi connectivity index (χ1) is 14.1. The van der Waals surface area contributed by atoms with Crippen molar-refractivity contribution in [2.45, 2.75) is 20.4 Å². The predicted octanol–water partition coefficient (Wildman–Crippen LogP) is 2.46. The van der Waals surface area contributed by atoms with E-state index in [0.717, 1.165) is 22.3 Å². The summed E-state index contributed by atoms with van der Waals surface area (Å²) in [6.45, 7) is 5.28. The number of anilines is 1. The van der Waals surface area contributed by atoms with Gasteiger partial charge >= 0.3 is 0 Å². The molecule has 0 unspecified atom stereocenters. The number of carbonyl (C=O) groups excluding carboxylic acids is 1. The fourth-order valence-corrected chi connectivity index (χ4v) is 3.27. The van der Waals surface area contributed by atoms with Gasteiger partial charge in [-0.3, -0.25) is 4.79 Å². The Morgan fingerprint density at radius 2 is 1.90 bits per heavy atom. The summed E-state index contributed by atoms with van der Waals surface area (Å²) in [6.07, 6.45) is 1.93. The number of para-hydroxylation sites is 1. The predicted molar refractivity (Wildman–Crippen MR) is 112 cm³/mol. The molecule has 3 heterocycles. The van der Waals surface area contributed by atoms with Gasteiger partial charge in [0.15, 0.2) is 5.82 Å². The summed E-state index contributed by atoms with van der Waals surface area (Å²) in [7, 11) is 0. The van der Waals surface area contributed by atoms with Crippen LogP contribution in [0.5, 0.6) is 0 Å². The molecule has 0 spiro atoms. The second-order valence-corrected chi connectivity index (χ2v) is 6.89. The Morgan fingerprint density at radius 1 is 1.03 bits per heavy atom. The summed E-state index contributed by atoms with van der Waals surface area (Å²) in [6, 6.07) is 15.7. The van der Waals surface area contributed by atoms with E-state index in [1.54, 1.807) is 4.68 Å². The van der Waals surface area contributed by atoms with Crippen LogP contribution in [0.15, 0.2) is 54.7 Å². The second kappa shape index (κ2) is 8.14. The van der Waals surface area contributed by atoms with Crippen molar-refractivity contribution in [3.05, 3.63) is 66.1 Å². The Kier molecular flexibility index (Phi) is 5.24. The van der Waals surface area contributed by atoms with Crippen molar-refractivity contribution in [1.29, 1.82) is 0 Å². The summed E-state index contributed by atoms with van der Waals surface area (Å²) in [5.41, 5.74) is 3.00. The van der Waals surface area contributed by atoms with Crippen molar-refractivity contribution in [3.8, 4) is 5.82 Å².